The molecule has 2 aromatic carbocycles. The lowest BCUT2D eigenvalue weighted by molar-refractivity contribution is 0.106. The highest BCUT2D eigenvalue weighted by molar-refractivity contribution is 7.90. The van der Waals surface area contributed by atoms with Gasteiger partial charge in [-0.1, -0.05) is 0 Å². The van der Waals surface area contributed by atoms with Crippen LogP contribution in [0.1, 0.15) is 22.8 Å². The van der Waals surface area contributed by atoms with Crippen LogP contribution < -0.4 is 5.32 Å². The van der Waals surface area contributed by atoms with Crippen molar-refractivity contribution in [3.63, 3.8) is 0 Å². The molecule has 0 aliphatic carbocycles. The van der Waals surface area contributed by atoms with Crippen molar-refractivity contribution in [2.75, 3.05) is 11.9 Å². The molecule has 1 aromatic heterocycles. The number of hydrogen-bond acceptors (Lipinski definition) is 5. The van der Waals surface area contributed by atoms with Gasteiger partial charge in [0.2, 0.25) is 5.78 Å². The second-order valence-corrected chi connectivity index (χ2v) is 8.10. The van der Waals surface area contributed by atoms with Gasteiger partial charge in [-0.25, -0.2) is 4.98 Å². The number of sulfonamides is 1. The SMILES string of the molecule is C/C(=N\S(=O)(=O)c1ccc2c(c1)CCN2)C(=O)c1ccc(-n2ccnc2)cc1. The van der Waals surface area contributed by atoms with E-state index in [4.69, 9.17) is 0 Å². The minimum Gasteiger partial charge on any atom is -0.384 e. The number of nitrogens with zero attached hydrogens (tertiary/aromatic N) is 3. The average molecular weight is 394 g/mol. The van der Waals surface area contributed by atoms with Crippen LogP contribution >= 0.6 is 0 Å². The first kappa shape index (κ1) is 18.1. The van der Waals surface area contributed by atoms with Gasteiger partial charge >= 0.3 is 0 Å². The van der Waals surface area contributed by atoms with E-state index in [0.29, 0.717) is 5.56 Å². The quantitative estimate of drug-likeness (QED) is 0.530. The number of imidazole rings is 1. The van der Waals surface area contributed by atoms with Crippen LogP contribution in [0.25, 0.3) is 5.69 Å². The van der Waals surface area contributed by atoms with Gasteiger partial charge in [0.05, 0.1) is 16.9 Å². The van der Waals surface area contributed by atoms with Crippen molar-refractivity contribution in [3.8, 4) is 5.69 Å². The molecule has 1 aliphatic rings. The first-order valence-corrected chi connectivity index (χ1v) is 10.2. The molecule has 2 heterocycles. The molecule has 0 saturated heterocycles. The Balaban J connectivity index is 1.58. The number of fused-ring (bicyclic) bond motifs is 1. The maximum absolute atomic E-state index is 12.6. The molecule has 28 heavy (non-hydrogen) atoms. The lowest BCUT2D eigenvalue weighted by Gasteiger charge is -2.06. The van der Waals surface area contributed by atoms with Crippen molar-refractivity contribution >= 4 is 27.2 Å². The van der Waals surface area contributed by atoms with Crippen LogP contribution in [-0.4, -0.2) is 36.0 Å². The molecule has 0 bridgehead atoms. The Morgan fingerprint density at radius 2 is 1.96 bits per heavy atom. The van der Waals surface area contributed by atoms with Crippen molar-refractivity contribution in [1.82, 2.24) is 9.55 Å². The molecule has 0 unspecified atom stereocenters. The summed E-state index contributed by atoms with van der Waals surface area (Å²) in [6.07, 6.45) is 5.88. The van der Waals surface area contributed by atoms with Crippen molar-refractivity contribution in [3.05, 3.63) is 72.3 Å². The molecule has 142 valence electrons. The fourth-order valence-corrected chi connectivity index (χ4v) is 4.20. The molecule has 4 rings (SSSR count). The zero-order valence-electron chi connectivity index (χ0n) is 15.2. The second-order valence-electron chi connectivity index (χ2n) is 6.49. The summed E-state index contributed by atoms with van der Waals surface area (Å²) in [6.45, 7) is 2.20. The fraction of sp³-hybridized carbons (Fsp3) is 0.150. The van der Waals surface area contributed by atoms with Crippen LogP contribution in [0.15, 0.2) is 70.5 Å². The Kier molecular flexibility index (Phi) is 4.56. The highest BCUT2D eigenvalue weighted by Crippen LogP contribution is 2.26. The number of carbonyl (C=O) groups excluding carboxylic acids is 1. The summed E-state index contributed by atoms with van der Waals surface area (Å²) in [6, 6.07) is 11.7. The van der Waals surface area contributed by atoms with Crippen LogP contribution in [-0.2, 0) is 16.4 Å². The summed E-state index contributed by atoms with van der Waals surface area (Å²) in [4.78, 5) is 16.7. The number of hydrogen-bond donors (Lipinski definition) is 1. The summed E-state index contributed by atoms with van der Waals surface area (Å²) in [5.41, 5.74) is 3.03. The summed E-state index contributed by atoms with van der Waals surface area (Å²) < 4.78 is 30.8. The third kappa shape index (κ3) is 3.46. The minimum atomic E-state index is -3.95. The van der Waals surface area contributed by atoms with Crippen LogP contribution in [0.2, 0.25) is 0 Å². The molecule has 0 radical (unpaired) electrons. The Labute approximate surface area is 162 Å². The molecule has 0 atom stereocenters. The number of rotatable bonds is 5. The van der Waals surface area contributed by atoms with E-state index in [1.54, 1.807) is 55.1 Å². The molecule has 0 saturated carbocycles. The number of aromatic nitrogens is 2. The molecule has 1 N–H and O–H groups in total. The van der Waals surface area contributed by atoms with E-state index in [0.717, 1.165) is 29.9 Å². The van der Waals surface area contributed by atoms with Crippen molar-refractivity contribution in [2.45, 2.75) is 18.2 Å². The molecule has 8 heteroatoms. The topological polar surface area (TPSA) is 93.4 Å². The van der Waals surface area contributed by atoms with Crippen molar-refractivity contribution < 1.29 is 13.2 Å². The van der Waals surface area contributed by atoms with E-state index < -0.39 is 15.8 Å². The van der Waals surface area contributed by atoms with Crippen molar-refractivity contribution in [1.29, 1.82) is 0 Å². The zero-order valence-corrected chi connectivity index (χ0v) is 16.0. The summed E-state index contributed by atoms with van der Waals surface area (Å²) in [5, 5.41) is 3.18. The minimum absolute atomic E-state index is 0.0750. The molecule has 0 spiro atoms. The maximum Gasteiger partial charge on any atom is 0.282 e. The maximum atomic E-state index is 12.6. The first-order valence-electron chi connectivity index (χ1n) is 8.75. The second kappa shape index (κ2) is 7.05. The van der Waals surface area contributed by atoms with E-state index >= 15 is 0 Å². The zero-order chi connectivity index (χ0) is 19.7. The molecule has 7 nitrogen and oxygen atoms in total. The van der Waals surface area contributed by atoms with Crippen LogP contribution in [0.4, 0.5) is 5.69 Å². The number of carbonyl (C=O) groups is 1. The first-order chi connectivity index (χ1) is 13.4. The lowest BCUT2D eigenvalue weighted by atomic mass is 10.1. The summed E-state index contributed by atoms with van der Waals surface area (Å²) >= 11 is 0. The molecule has 0 fully saturated rings. The lowest BCUT2D eigenvalue weighted by Crippen LogP contribution is -2.13. The largest absolute Gasteiger partial charge is 0.384 e. The van der Waals surface area contributed by atoms with Gasteiger partial charge in [-0.05, 0) is 61.4 Å². The van der Waals surface area contributed by atoms with Gasteiger partial charge in [-0.3, -0.25) is 4.79 Å². The third-order valence-electron chi connectivity index (χ3n) is 4.60. The van der Waals surface area contributed by atoms with Gasteiger partial charge in [0.1, 0.15) is 0 Å². The van der Waals surface area contributed by atoms with Crippen LogP contribution in [0, 0.1) is 0 Å². The summed E-state index contributed by atoms with van der Waals surface area (Å²) in [7, 11) is -3.95. The molecule has 1 aliphatic heterocycles. The van der Waals surface area contributed by atoms with E-state index in [2.05, 4.69) is 14.7 Å². The number of Topliss-reactive ketones (excluding diaryl/α,β-unsaturated/α-hetero) is 1. The van der Waals surface area contributed by atoms with Gasteiger partial charge in [-0.15, -0.1) is 0 Å². The monoisotopic (exact) mass is 394 g/mol. The fourth-order valence-electron chi connectivity index (χ4n) is 3.12. The number of anilines is 1. The van der Waals surface area contributed by atoms with E-state index in [1.165, 1.54) is 13.0 Å². The Morgan fingerprint density at radius 3 is 2.68 bits per heavy atom. The highest BCUT2D eigenvalue weighted by atomic mass is 32.2. The van der Waals surface area contributed by atoms with Gasteiger partial charge in [0, 0.05) is 35.9 Å². The molecular weight excluding hydrogens is 376 g/mol. The predicted octanol–water partition coefficient (Wildman–Crippen LogP) is 2.87. The predicted molar refractivity (Wildman–Crippen MR) is 107 cm³/mol. The van der Waals surface area contributed by atoms with Gasteiger partial charge in [0.15, 0.2) is 0 Å². The summed E-state index contributed by atoms with van der Waals surface area (Å²) in [5.74, 6) is -0.427. The standard InChI is InChI=1S/C20H18N4O3S/c1-14(20(25)15-2-4-17(5-3-15)24-11-10-21-13-24)23-28(26,27)18-6-7-19-16(12-18)8-9-22-19/h2-7,10-13,22H,8-9H2,1H3/b23-14+. The van der Waals surface area contributed by atoms with Crippen molar-refractivity contribution in [2.24, 2.45) is 4.40 Å². The van der Waals surface area contributed by atoms with E-state index in [9.17, 15) is 13.2 Å². The Hall–Kier alpha value is -3.26. The average Bonchev–Trinajstić information content (AvgIpc) is 3.38. The van der Waals surface area contributed by atoms with Gasteiger partial charge in [0.25, 0.3) is 10.0 Å². The normalized spacial score (nSPS) is 13.8. The van der Waals surface area contributed by atoms with E-state index in [-0.39, 0.29) is 10.6 Å². The molecule has 3 aromatic rings. The molecule has 0 amide bonds. The molecular formula is C20H18N4O3S. The number of nitrogens with one attached hydrogen (secondary N) is 1. The van der Waals surface area contributed by atoms with Gasteiger partial charge < -0.3 is 9.88 Å². The highest BCUT2D eigenvalue weighted by Gasteiger charge is 2.20. The Bertz CT molecular complexity index is 1160. The number of benzene rings is 2. The third-order valence-corrected chi connectivity index (χ3v) is 5.97. The van der Waals surface area contributed by atoms with Crippen LogP contribution in [0.5, 0.6) is 0 Å². The van der Waals surface area contributed by atoms with Gasteiger partial charge in [-0.2, -0.15) is 12.8 Å². The van der Waals surface area contributed by atoms with Crippen LogP contribution in [0.3, 0.4) is 0 Å². The van der Waals surface area contributed by atoms with E-state index in [1.807, 2.05) is 4.57 Å². The Morgan fingerprint density at radius 1 is 1.18 bits per heavy atom. The number of ketones is 1. The smallest absolute Gasteiger partial charge is 0.282 e.